The van der Waals surface area contributed by atoms with Crippen molar-refractivity contribution >= 4 is 17.5 Å². The average molecular weight is 346 g/mol. The summed E-state index contributed by atoms with van der Waals surface area (Å²) in [7, 11) is 0. The van der Waals surface area contributed by atoms with Gasteiger partial charge in [0.05, 0.1) is 6.42 Å². The van der Waals surface area contributed by atoms with E-state index in [0.29, 0.717) is 18.0 Å². The number of rotatable bonds is 5. The molecule has 0 saturated carbocycles. The Kier molecular flexibility index (Phi) is 5.77. The summed E-state index contributed by atoms with van der Waals surface area (Å²) in [6, 6.07) is 7.27. The second-order valence-electron chi connectivity index (χ2n) is 5.88. The van der Waals surface area contributed by atoms with Gasteiger partial charge in [0.1, 0.15) is 6.10 Å². The Morgan fingerprint density at radius 3 is 2.58 bits per heavy atom. The van der Waals surface area contributed by atoms with Crippen molar-refractivity contribution in [2.45, 2.75) is 38.3 Å². The molecule has 1 aliphatic rings. The van der Waals surface area contributed by atoms with Gasteiger partial charge in [0.2, 0.25) is 5.91 Å². The van der Waals surface area contributed by atoms with Crippen LogP contribution in [0.15, 0.2) is 36.7 Å². The molecule has 1 amide bonds. The minimum atomic E-state index is -0.0444. The van der Waals surface area contributed by atoms with E-state index >= 15 is 0 Å². The van der Waals surface area contributed by atoms with Crippen molar-refractivity contribution in [3.63, 3.8) is 0 Å². The number of nitrogens with zero attached hydrogens (tertiary/aromatic N) is 2. The lowest BCUT2D eigenvalue weighted by Gasteiger charge is -2.21. The zero-order valence-corrected chi connectivity index (χ0v) is 14.1. The lowest BCUT2D eigenvalue weighted by atomic mass is 10.1. The van der Waals surface area contributed by atoms with Crippen molar-refractivity contribution in [3.8, 4) is 0 Å². The Labute approximate surface area is 146 Å². The highest BCUT2D eigenvalue weighted by Crippen LogP contribution is 2.24. The van der Waals surface area contributed by atoms with Crippen LogP contribution in [0.5, 0.6) is 0 Å². The topological polar surface area (TPSA) is 64.1 Å². The molecule has 1 aromatic carbocycles. The van der Waals surface area contributed by atoms with Crippen LogP contribution >= 0.6 is 11.6 Å². The number of aromatic nitrogens is 2. The van der Waals surface area contributed by atoms with Gasteiger partial charge >= 0.3 is 0 Å². The normalized spacial score (nSPS) is 17.5. The van der Waals surface area contributed by atoms with Gasteiger partial charge in [-0.2, -0.15) is 0 Å². The maximum Gasteiger partial charge on any atom is 0.224 e. The van der Waals surface area contributed by atoms with E-state index in [1.54, 1.807) is 24.5 Å². The van der Waals surface area contributed by atoms with Gasteiger partial charge in [-0.3, -0.25) is 4.79 Å². The molecule has 1 aliphatic heterocycles. The van der Waals surface area contributed by atoms with Crippen molar-refractivity contribution in [1.29, 1.82) is 0 Å². The van der Waals surface area contributed by atoms with Crippen molar-refractivity contribution < 1.29 is 9.53 Å². The van der Waals surface area contributed by atoms with Crippen LogP contribution in [-0.2, 0) is 22.5 Å². The number of carbonyl (C=O) groups is 1. The molecule has 24 heavy (non-hydrogen) atoms. The summed E-state index contributed by atoms with van der Waals surface area (Å²) >= 11 is 5.83. The first-order chi connectivity index (χ1) is 11.7. The summed E-state index contributed by atoms with van der Waals surface area (Å²) in [5.41, 5.74) is 1.80. The third-order valence-corrected chi connectivity index (χ3v) is 4.21. The van der Waals surface area contributed by atoms with E-state index in [-0.39, 0.29) is 12.0 Å². The van der Waals surface area contributed by atoms with Gasteiger partial charge in [0.15, 0.2) is 5.82 Å². The molecule has 2 heterocycles. The zero-order valence-electron chi connectivity index (χ0n) is 13.4. The first-order valence-corrected chi connectivity index (χ1v) is 8.52. The van der Waals surface area contributed by atoms with Crippen LogP contribution in [0.3, 0.4) is 0 Å². The summed E-state index contributed by atoms with van der Waals surface area (Å²) in [6.45, 7) is 1.19. The molecule has 0 bridgehead atoms. The lowest BCUT2D eigenvalue weighted by Crippen LogP contribution is -2.24. The van der Waals surface area contributed by atoms with Crippen LogP contribution in [0.4, 0.5) is 0 Å². The smallest absolute Gasteiger partial charge is 0.224 e. The fourth-order valence-corrected chi connectivity index (χ4v) is 2.74. The summed E-state index contributed by atoms with van der Waals surface area (Å²) in [5, 5.41) is 3.54. The van der Waals surface area contributed by atoms with Gasteiger partial charge in [-0.25, -0.2) is 9.97 Å². The van der Waals surface area contributed by atoms with Crippen molar-refractivity contribution in [1.82, 2.24) is 15.3 Å². The standard InChI is InChI=1S/C18H20ClN3O2/c19-15-6-4-13(5-7-15)9-17(23)20-10-14-11-21-18(22-12-14)16-3-1-2-8-24-16/h4-7,11-12,16H,1-3,8-10H2,(H,20,23)/t16-/m1/s1. The van der Waals surface area contributed by atoms with Crippen LogP contribution < -0.4 is 5.32 Å². The van der Waals surface area contributed by atoms with Gasteiger partial charge in [0.25, 0.3) is 0 Å². The largest absolute Gasteiger partial charge is 0.370 e. The molecule has 0 radical (unpaired) electrons. The lowest BCUT2D eigenvalue weighted by molar-refractivity contribution is -0.120. The maximum atomic E-state index is 12.0. The first kappa shape index (κ1) is 16.9. The molecule has 1 N–H and O–H groups in total. The molecule has 0 aliphatic carbocycles. The van der Waals surface area contributed by atoms with Gasteiger partial charge in [-0.1, -0.05) is 23.7 Å². The second-order valence-corrected chi connectivity index (χ2v) is 6.32. The minimum absolute atomic E-state index is 0.00676. The number of hydrogen-bond acceptors (Lipinski definition) is 4. The van der Waals surface area contributed by atoms with Crippen molar-refractivity contribution in [3.05, 3.63) is 58.6 Å². The Morgan fingerprint density at radius 2 is 1.92 bits per heavy atom. The highest BCUT2D eigenvalue weighted by atomic mass is 35.5. The second kappa shape index (κ2) is 8.22. The molecule has 1 atom stereocenters. The third-order valence-electron chi connectivity index (χ3n) is 3.96. The predicted octanol–water partition coefficient (Wildman–Crippen LogP) is 3.23. The molecule has 0 unspecified atom stereocenters. The van der Waals surface area contributed by atoms with Crippen LogP contribution in [0.2, 0.25) is 5.02 Å². The number of halogens is 1. The fourth-order valence-electron chi connectivity index (χ4n) is 2.62. The predicted molar refractivity (Wildman–Crippen MR) is 91.6 cm³/mol. The molecule has 0 spiro atoms. The Bertz CT molecular complexity index is 668. The third kappa shape index (κ3) is 4.76. The highest BCUT2D eigenvalue weighted by molar-refractivity contribution is 6.30. The molecule has 1 fully saturated rings. The number of ether oxygens (including phenoxy) is 1. The van der Waals surface area contributed by atoms with E-state index in [0.717, 1.165) is 42.8 Å². The molecular weight excluding hydrogens is 326 g/mol. The molecule has 3 rings (SSSR count). The Balaban J connectivity index is 1.49. The molecule has 2 aromatic rings. The SMILES string of the molecule is O=C(Cc1ccc(Cl)cc1)NCc1cnc([C@H]2CCCCO2)nc1. The molecule has 126 valence electrons. The van der Waals surface area contributed by atoms with E-state index in [2.05, 4.69) is 15.3 Å². The van der Waals surface area contributed by atoms with Gasteiger partial charge in [-0.05, 0) is 37.0 Å². The van der Waals surface area contributed by atoms with Crippen molar-refractivity contribution in [2.24, 2.45) is 0 Å². The van der Waals surface area contributed by atoms with Gasteiger partial charge in [0, 0.05) is 36.1 Å². The summed E-state index contributed by atoms with van der Waals surface area (Å²) in [4.78, 5) is 20.7. The first-order valence-electron chi connectivity index (χ1n) is 8.14. The number of carbonyl (C=O) groups excluding carboxylic acids is 1. The molecule has 5 nitrogen and oxygen atoms in total. The van der Waals surface area contributed by atoms with Crippen LogP contribution in [0, 0.1) is 0 Å². The van der Waals surface area contributed by atoms with E-state index in [1.807, 2.05) is 12.1 Å². The van der Waals surface area contributed by atoms with E-state index in [1.165, 1.54) is 0 Å². The number of benzene rings is 1. The Hall–Kier alpha value is -1.98. The van der Waals surface area contributed by atoms with Crippen LogP contribution in [-0.4, -0.2) is 22.5 Å². The minimum Gasteiger partial charge on any atom is -0.370 e. The average Bonchev–Trinajstić information content (AvgIpc) is 2.63. The molecule has 1 saturated heterocycles. The summed E-state index contributed by atoms with van der Waals surface area (Å²) in [5.74, 6) is 0.683. The van der Waals surface area contributed by atoms with E-state index in [4.69, 9.17) is 16.3 Å². The van der Waals surface area contributed by atoms with E-state index in [9.17, 15) is 4.79 Å². The molecule has 6 heteroatoms. The highest BCUT2D eigenvalue weighted by Gasteiger charge is 2.18. The summed E-state index contributed by atoms with van der Waals surface area (Å²) in [6.07, 6.45) is 7.06. The van der Waals surface area contributed by atoms with Crippen molar-refractivity contribution in [2.75, 3.05) is 6.61 Å². The number of amides is 1. The van der Waals surface area contributed by atoms with Gasteiger partial charge < -0.3 is 10.1 Å². The number of hydrogen-bond donors (Lipinski definition) is 1. The quantitative estimate of drug-likeness (QED) is 0.903. The Morgan fingerprint density at radius 1 is 1.17 bits per heavy atom. The molecule has 1 aromatic heterocycles. The van der Waals surface area contributed by atoms with Crippen LogP contribution in [0.1, 0.15) is 42.3 Å². The van der Waals surface area contributed by atoms with Crippen LogP contribution in [0.25, 0.3) is 0 Å². The monoisotopic (exact) mass is 345 g/mol. The summed E-state index contributed by atoms with van der Waals surface area (Å²) < 4.78 is 5.67. The zero-order chi connectivity index (χ0) is 16.8. The molecular formula is C18H20ClN3O2. The number of nitrogens with one attached hydrogen (secondary N) is 1. The fraction of sp³-hybridized carbons (Fsp3) is 0.389. The van der Waals surface area contributed by atoms with E-state index < -0.39 is 0 Å². The van der Waals surface area contributed by atoms with Gasteiger partial charge in [-0.15, -0.1) is 0 Å². The maximum absolute atomic E-state index is 12.0.